The lowest BCUT2D eigenvalue weighted by Gasteiger charge is -2.33. The normalized spacial score (nSPS) is 18.6. The first-order valence-electron chi connectivity index (χ1n) is 5.63. The number of nitrogens with zero attached hydrogens (tertiary/aromatic N) is 2. The standard InChI is InChI=1S/C12H17N3O.2ClH/c1-9-3-4-11(8-14-9)12(16)15-6-5-13-7-10(15)2;;/h3-4,8,10,13H,5-7H2,1-2H3;2*1H. The molecule has 1 amide bonds. The molecule has 0 spiro atoms. The average molecular weight is 292 g/mol. The van der Waals surface area contributed by atoms with Gasteiger partial charge in [-0.25, -0.2) is 0 Å². The van der Waals surface area contributed by atoms with Gasteiger partial charge in [-0.3, -0.25) is 9.78 Å². The van der Waals surface area contributed by atoms with Crippen molar-refractivity contribution in [1.82, 2.24) is 15.2 Å². The lowest BCUT2D eigenvalue weighted by atomic mass is 10.1. The number of aromatic nitrogens is 1. The van der Waals surface area contributed by atoms with Gasteiger partial charge in [0, 0.05) is 37.6 Å². The van der Waals surface area contributed by atoms with Crippen molar-refractivity contribution in [1.29, 1.82) is 0 Å². The molecule has 1 aromatic heterocycles. The Morgan fingerprint density at radius 2 is 2.17 bits per heavy atom. The molecule has 0 saturated carbocycles. The molecule has 4 nitrogen and oxygen atoms in total. The molecule has 0 aromatic carbocycles. The molecule has 18 heavy (non-hydrogen) atoms. The van der Waals surface area contributed by atoms with Crippen molar-refractivity contribution in [2.75, 3.05) is 19.6 Å². The van der Waals surface area contributed by atoms with Crippen LogP contribution < -0.4 is 5.32 Å². The van der Waals surface area contributed by atoms with Gasteiger partial charge in [0.2, 0.25) is 0 Å². The molecule has 1 atom stereocenters. The minimum absolute atomic E-state index is 0. The molecule has 0 aliphatic carbocycles. The highest BCUT2D eigenvalue weighted by atomic mass is 35.5. The molecular formula is C12H19Cl2N3O. The minimum Gasteiger partial charge on any atom is -0.333 e. The molecule has 1 saturated heterocycles. The van der Waals surface area contributed by atoms with E-state index >= 15 is 0 Å². The molecule has 2 rings (SSSR count). The fraction of sp³-hybridized carbons (Fsp3) is 0.500. The van der Waals surface area contributed by atoms with Crippen LogP contribution in [0.3, 0.4) is 0 Å². The van der Waals surface area contributed by atoms with E-state index in [2.05, 4.69) is 17.2 Å². The van der Waals surface area contributed by atoms with E-state index in [1.807, 2.05) is 24.0 Å². The van der Waals surface area contributed by atoms with Crippen molar-refractivity contribution in [2.45, 2.75) is 19.9 Å². The minimum atomic E-state index is 0. The molecule has 0 radical (unpaired) electrons. The number of piperazine rings is 1. The van der Waals surface area contributed by atoms with E-state index in [9.17, 15) is 4.79 Å². The molecule has 6 heteroatoms. The van der Waals surface area contributed by atoms with Gasteiger partial charge in [-0.2, -0.15) is 0 Å². The topological polar surface area (TPSA) is 45.2 Å². The zero-order valence-corrected chi connectivity index (χ0v) is 12.2. The Balaban J connectivity index is 0.00000144. The van der Waals surface area contributed by atoms with Crippen molar-refractivity contribution in [3.05, 3.63) is 29.6 Å². The van der Waals surface area contributed by atoms with E-state index < -0.39 is 0 Å². The first-order chi connectivity index (χ1) is 7.68. The summed E-state index contributed by atoms with van der Waals surface area (Å²) in [5, 5.41) is 3.27. The third-order valence-corrected chi connectivity index (χ3v) is 2.92. The monoisotopic (exact) mass is 291 g/mol. The number of carbonyl (C=O) groups excluding carboxylic acids is 1. The Morgan fingerprint density at radius 3 is 2.72 bits per heavy atom. The number of amides is 1. The number of hydrogen-bond acceptors (Lipinski definition) is 3. The summed E-state index contributed by atoms with van der Waals surface area (Å²) in [4.78, 5) is 18.2. The van der Waals surface area contributed by atoms with Gasteiger partial charge in [0.05, 0.1) is 5.56 Å². The van der Waals surface area contributed by atoms with Gasteiger partial charge in [-0.1, -0.05) is 0 Å². The number of aryl methyl sites for hydroxylation is 1. The molecule has 1 aromatic rings. The van der Waals surface area contributed by atoms with Crippen molar-refractivity contribution in [3.8, 4) is 0 Å². The number of halogens is 2. The summed E-state index contributed by atoms with van der Waals surface area (Å²) >= 11 is 0. The Labute approximate surface area is 120 Å². The number of carbonyl (C=O) groups is 1. The summed E-state index contributed by atoms with van der Waals surface area (Å²) in [7, 11) is 0. The van der Waals surface area contributed by atoms with Crippen LogP contribution in [0.1, 0.15) is 23.0 Å². The average Bonchev–Trinajstić information content (AvgIpc) is 2.30. The summed E-state index contributed by atoms with van der Waals surface area (Å²) in [6.45, 7) is 6.49. The van der Waals surface area contributed by atoms with Crippen LogP contribution >= 0.6 is 24.8 Å². The zero-order chi connectivity index (χ0) is 11.5. The summed E-state index contributed by atoms with van der Waals surface area (Å²) < 4.78 is 0. The zero-order valence-electron chi connectivity index (χ0n) is 10.5. The van der Waals surface area contributed by atoms with Crippen LogP contribution in [0.5, 0.6) is 0 Å². The molecule has 1 fully saturated rings. The molecule has 1 aliphatic heterocycles. The van der Waals surface area contributed by atoms with E-state index in [0.717, 1.165) is 25.3 Å². The fourth-order valence-corrected chi connectivity index (χ4v) is 1.90. The molecule has 0 bridgehead atoms. The van der Waals surface area contributed by atoms with Crippen LogP contribution in [0.15, 0.2) is 18.3 Å². The summed E-state index contributed by atoms with van der Waals surface area (Å²) in [6.07, 6.45) is 1.66. The van der Waals surface area contributed by atoms with Gasteiger partial charge in [-0.15, -0.1) is 24.8 Å². The number of nitrogens with one attached hydrogen (secondary N) is 1. The molecular weight excluding hydrogens is 273 g/mol. The van der Waals surface area contributed by atoms with Gasteiger partial charge in [0.1, 0.15) is 0 Å². The predicted molar refractivity (Wildman–Crippen MR) is 76.8 cm³/mol. The maximum Gasteiger partial charge on any atom is 0.255 e. The lowest BCUT2D eigenvalue weighted by molar-refractivity contribution is 0.0655. The maximum atomic E-state index is 12.2. The third-order valence-electron chi connectivity index (χ3n) is 2.92. The van der Waals surface area contributed by atoms with Crippen LogP contribution in [0.4, 0.5) is 0 Å². The first-order valence-corrected chi connectivity index (χ1v) is 5.63. The summed E-state index contributed by atoms with van der Waals surface area (Å²) in [5.74, 6) is 0.0847. The molecule has 1 aliphatic rings. The van der Waals surface area contributed by atoms with Crippen molar-refractivity contribution in [2.24, 2.45) is 0 Å². The fourth-order valence-electron chi connectivity index (χ4n) is 1.90. The van der Waals surface area contributed by atoms with E-state index in [4.69, 9.17) is 0 Å². The second kappa shape index (κ2) is 7.56. The van der Waals surface area contributed by atoms with Crippen molar-refractivity contribution >= 4 is 30.7 Å². The molecule has 102 valence electrons. The van der Waals surface area contributed by atoms with Gasteiger partial charge in [0.25, 0.3) is 5.91 Å². The second-order valence-corrected chi connectivity index (χ2v) is 4.24. The van der Waals surface area contributed by atoms with Crippen LogP contribution in [0.2, 0.25) is 0 Å². The van der Waals surface area contributed by atoms with E-state index in [1.165, 1.54) is 0 Å². The predicted octanol–water partition coefficient (Wildman–Crippen LogP) is 1.67. The molecule has 1 N–H and O–H groups in total. The Kier molecular flexibility index (Phi) is 7.21. The Hall–Kier alpha value is -0.840. The van der Waals surface area contributed by atoms with E-state index in [1.54, 1.807) is 6.20 Å². The van der Waals surface area contributed by atoms with Crippen LogP contribution in [0.25, 0.3) is 0 Å². The van der Waals surface area contributed by atoms with Gasteiger partial charge < -0.3 is 10.2 Å². The van der Waals surface area contributed by atoms with Crippen molar-refractivity contribution in [3.63, 3.8) is 0 Å². The van der Waals surface area contributed by atoms with Crippen LogP contribution in [-0.2, 0) is 0 Å². The van der Waals surface area contributed by atoms with Gasteiger partial charge in [0.15, 0.2) is 0 Å². The summed E-state index contributed by atoms with van der Waals surface area (Å²) in [5.41, 5.74) is 1.62. The maximum absolute atomic E-state index is 12.2. The van der Waals surface area contributed by atoms with Crippen LogP contribution in [-0.4, -0.2) is 41.5 Å². The quantitative estimate of drug-likeness (QED) is 0.856. The number of hydrogen-bond donors (Lipinski definition) is 1. The Bertz CT molecular complexity index is 383. The summed E-state index contributed by atoms with van der Waals surface area (Å²) in [6, 6.07) is 3.97. The highest BCUT2D eigenvalue weighted by molar-refractivity contribution is 5.94. The smallest absolute Gasteiger partial charge is 0.255 e. The van der Waals surface area contributed by atoms with Crippen LogP contribution in [0, 0.1) is 6.92 Å². The lowest BCUT2D eigenvalue weighted by Crippen LogP contribution is -2.52. The third kappa shape index (κ3) is 3.83. The van der Waals surface area contributed by atoms with Gasteiger partial charge >= 0.3 is 0 Å². The van der Waals surface area contributed by atoms with Gasteiger partial charge in [-0.05, 0) is 26.0 Å². The second-order valence-electron chi connectivity index (χ2n) is 4.24. The molecule has 2 heterocycles. The number of rotatable bonds is 1. The van der Waals surface area contributed by atoms with E-state index in [-0.39, 0.29) is 36.8 Å². The highest BCUT2D eigenvalue weighted by Crippen LogP contribution is 2.09. The van der Waals surface area contributed by atoms with E-state index in [0.29, 0.717) is 5.56 Å². The SMILES string of the molecule is Cc1ccc(C(=O)N2CCNCC2C)cn1.Cl.Cl. The largest absolute Gasteiger partial charge is 0.333 e. The number of pyridine rings is 1. The Morgan fingerprint density at radius 1 is 1.44 bits per heavy atom. The highest BCUT2D eigenvalue weighted by Gasteiger charge is 2.23. The molecule has 1 unspecified atom stereocenters. The van der Waals surface area contributed by atoms with Crippen molar-refractivity contribution < 1.29 is 4.79 Å². The first kappa shape index (κ1) is 17.2.